The van der Waals surface area contributed by atoms with Crippen molar-refractivity contribution in [1.82, 2.24) is 15.3 Å². The number of hydrogen-bond donors (Lipinski definition) is 2. The Labute approximate surface area is 111 Å². The lowest BCUT2D eigenvalue weighted by Crippen LogP contribution is -2.60. The molecule has 0 aliphatic carbocycles. The maximum Gasteiger partial charge on any atom is 0.0444 e. The van der Waals surface area contributed by atoms with Gasteiger partial charge >= 0.3 is 0 Å². The molecule has 0 bridgehead atoms. The maximum absolute atomic E-state index is 5.75. The fourth-order valence-corrected chi connectivity index (χ4v) is 2.50. The highest BCUT2D eigenvalue weighted by atomic mass is 15.3. The van der Waals surface area contributed by atoms with Gasteiger partial charge in [0.1, 0.15) is 0 Å². The van der Waals surface area contributed by atoms with E-state index >= 15 is 0 Å². The molecule has 4 nitrogen and oxygen atoms in total. The summed E-state index contributed by atoms with van der Waals surface area (Å²) in [5.41, 5.74) is 4.02. The molecule has 0 aliphatic rings. The number of nitrogens with two attached hydrogens (primary N) is 1. The number of hydrogen-bond acceptors (Lipinski definition) is 4. The summed E-state index contributed by atoms with van der Waals surface area (Å²) >= 11 is 0. The average Bonchev–Trinajstić information content (AvgIpc) is 2.38. The first kappa shape index (κ1) is 15.1. The topological polar surface area (TPSA) is 54.2 Å². The van der Waals surface area contributed by atoms with Gasteiger partial charge in [-0.1, -0.05) is 19.9 Å². The van der Waals surface area contributed by atoms with Crippen molar-refractivity contribution in [3.8, 4) is 0 Å². The largest absolute Gasteiger partial charge is 0.297 e. The lowest BCUT2D eigenvalue weighted by molar-refractivity contribution is 0.0908. The predicted molar refractivity (Wildman–Crippen MR) is 76.1 cm³/mol. The number of pyridine rings is 1. The molecule has 0 saturated carbocycles. The van der Waals surface area contributed by atoms with Gasteiger partial charge in [-0.2, -0.15) is 0 Å². The minimum atomic E-state index is -0.00420. The van der Waals surface area contributed by atoms with Gasteiger partial charge in [-0.25, -0.2) is 0 Å². The Morgan fingerprint density at radius 2 is 2.00 bits per heavy atom. The second-order valence-electron chi connectivity index (χ2n) is 5.07. The van der Waals surface area contributed by atoms with Crippen LogP contribution in [0.1, 0.15) is 33.4 Å². The number of hydrazine groups is 1. The van der Waals surface area contributed by atoms with Crippen LogP contribution in [-0.4, -0.2) is 34.6 Å². The molecule has 1 rings (SSSR count). The van der Waals surface area contributed by atoms with Crippen molar-refractivity contribution in [2.75, 3.05) is 13.1 Å². The number of likely N-dealkylation sites (N-methyl/N-ethyl adjacent to an activating group) is 1. The SMILES string of the molecule is CCN(CC)C(C)(C)C(Cc1ccccn1)NN. The van der Waals surface area contributed by atoms with Crippen LogP contribution in [0.3, 0.4) is 0 Å². The van der Waals surface area contributed by atoms with Gasteiger partial charge in [0.15, 0.2) is 0 Å². The van der Waals surface area contributed by atoms with Crippen molar-refractivity contribution in [3.05, 3.63) is 30.1 Å². The molecular weight excluding hydrogens is 224 g/mol. The van der Waals surface area contributed by atoms with E-state index in [1.54, 1.807) is 0 Å². The second-order valence-corrected chi connectivity index (χ2v) is 5.07. The lowest BCUT2D eigenvalue weighted by atomic mass is 9.89. The molecule has 0 radical (unpaired) electrons. The summed E-state index contributed by atoms with van der Waals surface area (Å²) in [4.78, 5) is 6.79. The molecule has 0 amide bonds. The summed E-state index contributed by atoms with van der Waals surface area (Å²) in [7, 11) is 0. The van der Waals surface area contributed by atoms with E-state index in [0.717, 1.165) is 25.2 Å². The van der Waals surface area contributed by atoms with Crippen LogP contribution >= 0.6 is 0 Å². The van der Waals surface area contributed by atoms with Gasteiger partial charge in [0.2, 0.25) is 0 Å². The smallest absolute Gasteiger partial charge is 0.0444 e. The minimum absolute atomic E-state index is 0.00420. The summed E-state index contributed by atoms with van der Waals surface area (Å²) in [6.45, 7) is 10.9. The molecule has 102 valence electrons. The van der Waals surface area contributed by atoms with E-state index in [4.69, 9.17) is 5.84 Å². The Bertz CT molecular complexity index is 333. The number of rotatable bonds is 7. The number of nitrogens with one attached hydrogen (secondary N) is 1. The molecular formula is C14H26N4. The zero-order chi connectivity index (χ0) is 13.6. The molecule has 0 spiro atoms. The van der Waals surface area contributed by atoms with Gasteiger partial charge in [0.05, 0.1) is 0 Å². The van der Waals surface area contributed by atoms with Crippen LogP contribution in [0.15, 0.2) is 24.4 Å². The number of nitrogens with zero attached hydrogens (tertiary/aromatic N) is 2. The van der Waals surface area contributed by atoms with E-state index in [0.29, 0.717) is 0 Å². The van der Waals surface area contributed by atoms with Crippen LogP contribution < -0.4 is 11.3 Å². The zero-order valence-corrected chi connectivity index (χ0v) is 12.0. The van der Waals surface area contributed by atoms with Crippen LogP contribution in [0.2, 0.25) is 0 Å². The van der Waals surface area contributed by atoms with Crippen LogP contribution in [0, 0.1) is 0 Å². The standard InChI is InChI=1S/C14H26N4/c1-5-18(6-2)14(3,4)13(17-15)11-12-9-7-8-10-16-12/h7-10,13,17H,5-6,11,15H2,1-4H3. The summed E-state index contributed by atoms with van der Waals surface area (Å²) in [6, 6.07) is 6.17. The Balaban J connectivity index is 2.82. The fourth-order valence-electron chi connectivity index (χ4n) is 2.50. The van der Waals surface area contributed by atoms with E-state index in [1.807, 2.05) is 24.4 Å². The summed E-state index contributed by atoms with van der Waals surface area (Å²) in [5.74, 6) is 5.75. The Morgan fingerprint density at radius 1 is 1.33 bits per heavy atom. The first-order chi connectivity index (χ1) is 8.56. The molecule has 0 saturated heterocycles. The molecule has 1 atom stereocenters. The molecule has 18 heavy (non-hydrogen) atoms. The first-order valence-electron chi connectivity index (χ1n) is 6.67. The second kappa shape index (κ2) is 6.83. The molecule has 0 aromatic carbocycles. The van der Waals surface area contributed by atoms with Crippen LogP contribution in [0.5, 0.6) is 0 Å². The van der Waals surface area contributed by atoms with E-state index in [2.05, 4.69) is 43.0 Å². The highest BCUT2D eigenvalue weighted by molar-refractivity contribution is 5.08. The fraction of sp³-hybridized carbons (Fsp3) is 0.643. The first-order valence-corrected chi connectivity index (χ1v) is 6.67. The summed E-state index contributed by atoms with van der Waals surface area (Å²) in [6.07, 6.45) is 2.66. The quantitative estimate of drug-likeness (QED) is 0.570. The monoisotopic (exact) mass is 250 g/mol. The molecule has 0 fully saturated rings. The molecule has 1 unspecified atom stereocenters. The number of aromatic nitrogens is 1. The van der Waals surface area contributed by atoms with E-state index in [9.17, 15) is 0 Å². The van der Waals surface area contributed by atoms with Crippen LogP contribution in [0.4, 0.5) is 0 Å². The molecule has 0 aliphatic heterocycles. The van der Waals surface area contributed by atoms with Gasteiger partial charge in [-0.15, -0.1) is 0 Å². The Kier molecular flexibility index (Phi) is 5.72. The van der Waals surface area contributed by atoms with Crippen LogP contribution in [0.25, 0.3) is 0 Å². The Hall–Kier alpha value is -0.970. The van der Waals surface area contributed by atoms with Gasteiger partial charge < -0.3 is 0 Å². The maximum atomic E-state index is 5.75. The normalized spacial score (nSPS) is 13.9. The van der Waals surface area contributed by atoms with E-state index < -0.39 is 0 Å². The Morgan fingerprint density at radius 3 is 2.44 bits per heavy atom. The molecule has 1 heterocycles. The highest BCUT2D eigenvalue weighted by Crippen LogP contribution is 2.20. The van der Waals surface area contributed by atoms with Crippen molar-refractivity contribution in [2.24, 2.45) is 5.84 Å². The highest BCUT2D eigenvalue weighted by Gasteiger charge is 2.33. The third-order valence-electron chi connectivity index (χ3n) is 3.77. The van der Waals surface area contributed by atoms with E-state index in [-0.39, 0.29) is 11.6 Å². The average molecular weight is 250 g/mol. The summed E-state index contributed by atoms with van der Waals surface area (Å²) in [5, 5.41) is 0. The van der Waals surface area contributed by atoms with Gasteiger partial charge in [-0.05, 0) is 39.1 Å². The van der Waals surface area contributed by atoms with Crippen molar-refractivity contribution in [3.63, 3.8) is 0 Å². The van der Waals surface area contributed by atoms with Gasteiger partial charge in [0.25, 0.3) is 0 Å². The molecule has 3 N–H and O–H groups in total. The summed E-state index contributed by atoms with van der Waals surface area (Å²) < 4.78 is 0. The lowest BCUT2D eigenvalue weighted by Gasteiger charge is -2.43. The van der Waals surface area contributed by atoms with Crippen molar-refractivity contribution < 1.29 is 0 Å². The van der Waals surface area contributed by atoms with Gasteiger partial charge in [-0.3, -0.25) is 21.2 Å². The van der Waals surface area contributed by atoms with Crippen LogP contribution in [-0.2, 0) is 6.42 Å². The molecule has 1 aromatic heterocycles. The third kappa shape index (κ3) is 3.51. The minimum Gasteiger partial charge on any atom is -0.297 e. The zero-order valence-electron chi connectivity index (χ0n) is 12.0. The predicted octanol–water partition coefficient (Wildman–Crippen LogP) is 1.58. The van der Waals surface area contributed by atoms with Crippen molar-refractivity contribution in [1.29, 1.82) is 0 Å². The van der Waals surface area contributed by atoms with E-state index in [1.165, 1.54) is 0 Å². The van der Waals surface area contributed by atoms with Gasteiger partial charge in [0, 0.05) is 29.9 Å². The molecule has 4 heteroatoms. The van der Waals surface area contributed by atoms with Crippen molar-refractivity contribution >= 4 is 0 Å². The van der Waals surface area contributed by atoms with Crippen molar-refractivity contribution in [2.45, 2.75) is 45.7 Å². The third-order valence-corrected chi connectivity index (χ3v) is 3.77. The molecule has 1 aromatic rings.